The maximum absolute atomic E-state index is 11.1. The first-order valence-electron chi connectivity index (χ1n) is 8.49. The number of unbranched alkanes of at least 4 members (excludes halogenated alkanes) is 1. The second-order valence-corrected chi connectivity index (χ2v) is 7.23. The summed E-state index contributed by atoms with van der Waals surface area (Å²) in [5, 5.41) is 9.08. The molecule has 0 spiro atoms. The molecule has 0 radical (unpaired) electrons. The molecule has 1 aromatic carbocycles. The number of benzene rings is 1. The van der Waals surface area contributed by atoms with E-state index in [1.54, 1.807) is 6.07 Å². The highest BCUT2D eigenvalue weighted by molar-refractivity contribution is 6.62. The Morgan fingerprint density at radius 3 is 2.38 bits per heavy atom. The zero-order chi connectivity index (χ0) is 18.0. The van der Waals surface area contributed by atoms with Gasteiger partial charge in [0, 0.05) is 5.56 Å². The number of ether oxygens (including phenoxy) is 1. The highest BCUT2D eigenvalue weighted by Crippen LogP contribution is 2.36. The Hall–Kier alpha value is -1.53. The van der Waals surface area contributed by atoms with Gasteiger partial charge in [0.15, 0.2) is 0 Å². The summed E-state index contributed by atoms with van der Waals surface area (Å²) >= 11 is 0. The third-order valence-electron chi connectivity index (χ3n) is 4.71. The zero-order valence-electron chi connectivity index (χ0n) is 15.2. The van der Waals surface area contributed by atoms with E-state index >= 15 is 0 Å². The van der Waals surface area contributed by atoms with Gasteiger partial charge in [0.2, 0.25) is 0 Å². The molecule has 0 saturated carbocycles. The monoisotopic (exact) mass is 334 g/mol. The molecular weight excluding hydrogens is 307 g/mol. The van der Waals surface area contributed by atoms with Crippen molar-refractivity contribution in [2.45, 2.75) is 65.1 Å². The van der Waals surface area contributed by atoms with E-state index in [1.165, 1.54) is 0 Å². The van der Waals surface area contributed by atoms with E-state index in [9.17, 15) is 4.79 Å². The lowest BCUT2D eigenvalue weighted by Gasteiger charge is -2.32. The standard InChI is InChI=1S/C18H27BO5/c1-6-7-10-22-15-12-14(9-8-13(15)11-16(20)21)19-23-17(2,3)18(4,5)24-19/h8-9,12H,6-7,10-11H2,1-5H3,(H,20,21). The van der Waals surface area contributed by atoms with Crippen LogP contribution in [0.2, 0.25) is 0 Å². The molecule has 2 rings (SSSR count). The van der Waals surface area contributed by atoms with Gasteiger partial charge >= 0.3 is 13.1 Å². The van der Waals surface area contributed by atoms with Crippen molar-refractivity contribution >= 4 is 18.6 Å². The first-order valence-corrected chi connectivity index (χ1v) is 8.49. The Bertz CT molecular complexity index is 581. The van der Waals surface area contributed by atoms with Crippen LogP contribution in [0.5, 0.6) is 5.75 Å². The fourth-order valence-electron chi connectivity index (χ4n) is 2.47. The Labute approximate surface area is 144 Å². The van der Waals surface area contributed by atoms with Gasteiger partial charge in [-0.1, -0.05) is 25.5 Å². The molecule has 24 heavy (non-hydrogen) atoms. The molecule has 1 aromatic rings. The molecule has 1 fully saturated rings. The minimum Gasteiger partial charge on any atom is -0.493 e. The van der Waals surface area contributed by atoms with E-state index in [1.807, 2.05) is 39.8 Å². The van der Waals surface area contributed by atoms with Crippen LogP contribution in [0.15, 0.2) is 18.2 Å². The van der Waals surface area contributed by atoms with Gasteiger partial charge < -0.3 is 19.2 Å². The molecule has 5 nitrogen and oxygen atoms in total. The molecule has 1 saturated heterocycles. The molecule has 0 aromatic heterocycles. The Balaban J connectivity index is 2.25. The number of carboxylic acid groups (broad SMARTS) is 1. The van der Waals surface area contributed by atoms with E-state index in [2.05, 4.69) is 6.92 Å². The van der Waals surface area contributed by atoms with Crippen molar-refractivity contribution in [1.82, 2.24) is 0 Å². The number of carboxylic acids is 1. The predicted molar refractivity (Wildman–Crippen MR) is 93.9 cm³/mol. The van der Waals surface area contributed by atoms with Crippen LogP contribution in [0.25, 0.3) is 0 Å². The van der Waals surface area contributed by atoms with E-state index in [0.717, 1.165) is 18.3 Å². The number of rotatable bonds is 7. The Kier molecular flexibility index (Phi) is 5.61. The van der Waals surface area contributed by atoms with Crippen molar-refractivity contribution in [1.29, 1.82) is 0 Å². The van der Waals surface area contributed by atoms with Gasteiger partial charge in [0.1, 0.15) is 5.75 Å². The van der Waals surface area contributed by atoms with Crippen molar-refractivity contribution in [3.63, 3.8) is 0 Å². The van der Waals surface area contributed by atoms with Crippen LogP contribution in [-0.4, -0.2) is 36.0 Å². The Morgan fingerprint density at radius 2 is 1.83 bits per heavy atom. The lowest BCUT2D eigenvalue weighted by molar-refractivity contribution is -0.136. The summed E-state index contributed by atoms with van der Waals surface area (Å²) in [7, 11) is -0.484. The molecular formula is C18H27BO5. The molecule has 0 amide bonds. The summed E-state index contributed by atoms with van der Waals surface area (Å²) in [6, 6.07) is 5.49. The SMILES string of the molecule is CCCCOc1cc(B2OC(C)(C)C(C)(C)O2)ccc1CC(=O)O. The molecule has 0 unspecified atom stereocenters. The molecule has 0 atom stereocenters. The highest BCUT2D eigenvalue weighted by Gasteiger charge is 2.51. The summed E-state index contributed by atoms with van der Waals surface area (Å²) in [6.07, 6.45) is 1.88. The molecule has 0 bridgehead atoms. The van der Waals surface area contributed by atoms with Gasteiger partial charge in [-0.2, -0.15) is 0 Å². The van der Waals surface area contributed by atoms with Gasteiger partial charge in [0.25, 0.3) is 0 Å². The first-order chi connectivity index (χ1) is 11.2. The van der Waals surface area contributed by atoms with Crippen LogP contribution in [0.4, 0.5) is 0 Å². The third kappa shape index (κ3) is 4.11. The zero-order valence-corrected chi connectivity index (χ0v) is 15.2. The van der Waals surface area contributed by atoms with Crippen molar-refractivity contribution < 1.29 is 23.9 Å². The van der Waals surface area contributed by atoms with E-state index in [0.29, 0.717) is 17.9 Å². The lowest BCUT2D eigenvalue weighted by Crippen LogP contribution is -2.41. The molecule has 1 aliphatic heterocycles. The normalized spacial score (nSPS) is 18.6. The van der Waals surface area contributed by atoms with Gasteiger partial charge in [-0.25, -0.2) is 0 Å². The smallest absolute Gasteiger partial charge is 0.493 e. The number of carbonyl (C=O) groups is 1. The van der Waals surface area contributed by atoms with Crippen LogP contribution in [-0.2, 0) is 20.5 Å². The maximum atomic E-state index is 11.1. The summed E-state index contributed by atoms with van der Waals surface area (Å²) in [5.41, 5.74) is 0.675. The largest absolute Gasteiger partial charge is 0.494 e. The average molecular weight is 334 g/mol. The van der Waals surface area contributed by atoms with Crippen molar-refractivity contribution in [3.8, 4) is 5.75 Å². The topological polar surface area (TPSA) is 65.0 Å². The second-order valence-electron chi connectivity index (χ2n) is 7.23. The van der Waals surface area contributed by atoms with Crippen LogP contribution in [0.3, 0.4) is 0 Å². The molecule has 6 heteroatoms. The summed E-state index contributed by atoms with van der Waals surface area (Å²) in [5.74, 6) is -0.281. The molecule has 1 aliphatic rings. The van der Waals surface area contributed by atoms with Crippen LogP contribution >= 0.6 is 0 Å². The van der Waals surface area contributed by atoms with Crippen molar-refractivity contribution in [2.75, 3.05) is 6.61 Å². The minimum absolute atomic E-state index is 0.0644. The fourth-order valence-corrected chi connectivity index (χ4v) is 2.47. The quantitative estimate of drug-likeness (QED) is 0.614. The summed E-state index contributed by atoms with van der Waals surface area (Å²) < 4.78 is 17.9. The maximum Gasteiger partial charge on any atom is 0.494 e. The van der Waals surface area contributed by atoms with Crippen molar-refractivity contribution in [3.05, 3.63) is 23.8 Å². The van der Waals surface area contributed by atoms with E-state index in [-0.39, 0.29) is 6.42 Å². The molecule has 0 aliphatic carbocycles. The number of hydrogen-bond acceptors (Lipinski definition) is 4. The van der Waals surface area contributed by atoms with Gasteiger partial charge in [-0.15, -0.1) is 0 Å². The summed E-state index contributed by atoms with van der Waals surface area (Å²) in [6.45, 7) is 10.7. The van der Waals surface area contributed by atoms with E-state index in [4.69, 9.17) is 19.2 Å². The lowest BCUT2D eigenvalue weighted by atomic mass is 9.78. The van der Waals surface area contributed by atoms with Gasteiger partial charge in [-0.05, 0) is 45.6 Å². The van der Waals surface area contributed by atoms with Crippen LogP contribution < -0.4 is 10.2 Å². The summed E-state index contributed by atoms with van der Waals surface area (Å²) in [4.78, 5) is 11.1. The number of hydrogen-bond donors (Lipinski definition) is 1. The van der Waals surface area contributed by atoms with Gasteiger partial charge in [-0.3, -0.25) is 4.79 Å². The van der Waals surface area contributed by atoms with Crippen LogP contribution in [0.1, 0.15) is 53.0 Å². The molecule has 132 valence electrons. The minimum atomic E-state index is -0.876. The van der Waals surface area contributed by atoms with Gasteiger partial charge in [0.05, 0.1) is 24.2 Å². The molecule has 1 N–H and O–H groups in total. The first kappa shape index (κ1) is 18.8. The Morgan fingerprint density at radius 1 is 1.21 bits per heavy atom. The molecule has 1 heterocycles. The van der Waals surface area contributed by atoms with Crippen LogP contribution in [0, 0.1) is 0 Å². The predicted octanol–water partition coefficient (Wildman–Crippen LogP) is 2.79. The third-order valence-corrected chi connectivity index (χ3v) is 4.71. The average Bonchev–Trinajstić information content (AvgIpc) is 2.69. The fraction of sp³-hybridized carbons (Fsp3) is 0.611. The van der Waals surface area contributed by atoms with Crippen molar-refractivity contribution in [2.24, 2.45) is 0 Å². The van der Waals surface area contributed by atoms with E-state index < -0.39 is 24.3 Å². The second kappa shape index (κ2) is 7.15. The highest BCUT2D eigenvalue weighted by atomic mass is 16.7. The number of aliphatic carboxylic acids is 1.